The number of nitrogens with one attached hydrogen (secondary N) is 1. The van der Waals surface area contributed by atoms with Crippen LogP contribution in [0.3, 0.4) is 0 Å². The Morgan fingerprint density at radius 1 is 0.579 bits per heavy atom. The summed E-state index contributed by atoms with van der Waals surface area (Å²) < 4.78 is 11.2. The second-order valence-corrected chi connectivity index (χ2v) is 16.2. The first kappa shape index (κ1) is 53.2. The molecule has 0 aromatic rings. The van der Waals surface area contributed by atoms with Gasteiger partial charge in [0.05, 0.1) is 25.4 Å². The van der Waals surface area contributed by atoms with Crippen molar-refractivity contribution < 1.29 is 39.8 Å². The van der Waals surface area contributed by atoms with Crippen LogP contribution in [0, 0.1) is 0 Å². The van der Waals surface area contributed by atoms with Crippen LogP contribution in [-0.4, -0.2) is 87.5 Å². The van der Waals surface area contributed by atoms with E-state index < -0.39 is 49.5 Å². The van der Waals surface area contributed by atoms with E-state index in [1.807, 2.05) is 6.08 Å². The molecule has 9 nitrogen and oxygen atoms in total. The average molecular weight is 806 g/mol. The Morgan fingerprint density at radius 2 is 1.00 bits per heavy atom. The van der Waals surface area contributed by atoms with Gasteiger partial charge in [0.25, 0.3) is 0 Å². The van der Waals surface area contributed by atoms with E-state index in [2.05, 4.69) is 55.6 Å². The van der Waals surface area contributed by atoms with E-state index in [0.717, 1.165) is 70.6 Å². The Kier molecular flexibility index (Phi) is 35.8. The first-order valence-electron chi connectivity index (χ1n) is 23.4. The second kappa shape index (κ2) is 38.4. The largest absolute Gasteiger partial charge is 0.394 e. The molecule has 0 aromatic heterocycles. The number of amides is 1. The third kappa shape index (κ3) is 29.1. The van der Waals surface area contributed by atoms with E-state index in [1.165, 1.54) is 103 Å². The molecule has 1 aliphatic rings. The normalized spacial score (nSPS) is 21.4. The van der Waals surface area contributed by atoms with Crippen molar-refractivity contribution in [3.05, 3.63) is 48.6 Å². The summed E-state index contributed by atoms with van der Waals surface area (Å²) in [5, 5.41) is 54.1. The number of hydrogen-bond acceptors (Lipinski definition) is 8. The molecule has 1 fully saturated rings. The van der Waals surface area contributed by atoms with Gasteiger partial charge >= 0.3 is 0 Å². The third-order valence-electron chi connectivity index (χ3n) is 10.9. The Balaban J connectivity index is 2.37. The summed E-state index contributed by atoms with van der Waals surface area (Å²) >= 11 is 0. The topological polar surface area (TPSA) is 149 Å². The number of carbonyl (C=O) groups excluding carboxylic acids is 1. The minimum absolute atomic E-state index is 0.203. The molecule has 0 bridgehead atoms. The van der Waals surface area contributed by atoms with Crippen molar-refractivity contribution in [1.82, 2.24) is 5.32 Å². The van der Waals surface area contributed by atoms with Gasteiger partial charge in [-0.3, -0.25) is 4.79 Å². The molecule has 9 heteroatoms. The highest BCUT2D eigenvalue weighted by Gasteiger charge is 2.44. The zero-order chi connectivity index (χ0) is 41.6. The molecule has 57 heavy (non-hydrogen) atoms. The summed E-state index contributed by atoms with van der Waals surface area (Å²) in [5.74, 6) is -0.203. The van der Waals surface area contributed by atoms with Crippen LogP contribution in [0.5, 0.6) is 0 Å². The third-order valence-corrected chi connectivity index (χ3v) is 10.9. The number of hydrogen-bond donors (Lipinski definition) is 6. The minimum atomic E-state index is -1.58. The Bertz CT molecular complexity index is 1030. The van der Waals surface area contributed by atoms with Gasteiger partial charge in [0.15, 0.2) is 6.29 Å². The lowest BCUT2D eigenvalue weighted by Gasteiger charge is -2.40. The maximum atomic E-state index is 12.9. The summed E-state index contributed by atoms with van der Waals surface area (Å²) in [4.78, 5) is 12.9. The number of carbonyl (C=O) groups is 1. The molecular formula is C48H87NO8. The van der Waals surface area contributed by atoms with Crippen LogP contribution in [0.4, 0.5) is 0 Å². The monoisotopic (exact) mass is 806 g/mol. The Labute approximate surface area is 348 Å². The highest BCUT2D eigenvalue weighted by molar-refractivity contribution is 5.76. The van der Waals surface area contributed by atoms with Crippen molar-refractivity contribution >= 4 is 5.91 Å². The number of allylic oxidation sites excluding steroid dienone is 7. The smallest absolute Gasteiger partial charge is 0.220 e. The lowest BCUT2D eigenvalue weighted by Crippen LogP contribution is -2.60. The molecule has 1 heterocycles. The van der Waals surface area contributed by atoms with Crippen LogP contribution in [-0.2, 0) is 14.3 Å². The molecule has 1 rings (SSSR count). The number of ether oxygens (including phenoxy) is 2. The van der Waals surface area contributed by atoms with Gasteiger partial charge in [-0.1, -0.05) is 165 Å². The highest BCUT2D eigenvalue weighted by Crippen LogP contribution is 2.22. The van der Waals surface area contributed by atoms with E-state index in [-0.39, 0.29) is 12.5 Å². The van der Waals surface area contributed by atoms with Crippen LogP contribution < -0.4 is 5.32 Å². The van der Waals surface area contributed by atoms with Gasteiger partial charge in [-0.25, -0.2) is 0 Å². The summed E-state index contributed by atoms with van der Waals surface area (Å²) in [6.45, 7) is 3.71. The van der Waals surface area contributed by atoms with Gasteiger partial charge in [-0.2, -0.15) is 0 Å². The van der Waals surface area contributed by atoms with Crippen molar-refractivity contribution in [3.8, 4) is 0 Å². The van der Waals surface area contributed by atoms with Gasteiger partial charge in [0, 0.05) is 6.42 Å². The molecule has 7 unspecified atom stereocenters. The van der Waals surface area contributed by atoms with Crippen LogP contribution in [0.2, 0.25) is 0 Å². The zero-order valence-electron chi connectivity index (χ0n) is 36.3. The molecule has 6 N–H and O–H groups in total. The number of aliphatic hydroxyl groups excluding tert-OH is 5. The first-order chi connectivity index (χ1) is 27.8. The van der Waals surface area contributed by atoms with E-state index in [0.29, 0.717) is 6.42 Å². The van der Waals surface area contributed by atoms with Crippen molar-refractivity contribution in [2.24, 2.45) is 0 Å². The number of unbranched alkanes of at least 4 members (excludes halogenated alkanes) is 22. The van der Waals surface area contributed by atoms with E-state index >= 15 is 0 Å². The maximum absolute atomic E-state index is 12.9. The van der Waals surface area contributed by atoms with Crippen LogP contribution >= 0.6 is 0 Å². The highest BCUT2D eigenvalue weighted by atomic mass is 16.7. The second-order valence-electron chi connectivity index (χ2n) is 16.2. The van der Waals surface area contributed by atoms with E-state index in [1.54, 1.807) is 6.08 Å². The number of rotatable bonds is 38. The summed E-state index contributed by atoms with van der Waals surface area (Å²) in [6, 6.07) is -0.831. The van der Waals surface area contributed by atoms with Crippen LogP contribution in [0.1, 0.15) is 194 Å². The minimum Gasteiger partial charge on any atom is -0.394 e. The Morgan fingerprint density at radius 3 is 1.51 bits per heavy atom. The molecule has 0 saturated carbocycles. The first-order valence-corrected chi connectivity index (χ1v) is 23.4. The van der Waals surface area contributed by atoms with Gasteiger partial charge in [0.2, 0.25) is 5.91 Å². The molecule has 0 aliphatic carbocycles. The molecule has 0 spiro atoms. The lowest BCUT2D eigenvalue weighted by molar-refractivity contribution is -0.302. The molecule has 0 radical (unpaired) electrons. The molecule has 7 atom stereocenters. The quantitative estimate of drug-likeness (QED) is 0.0267. The van der Waals surface area contributed by atoms with Crippen molar-refractivity contribution in [2.45, 2.75) is 236 Å². The summed E-state index contributed by atoms with van der Waals surface area (Å²) in [7, 11) is 0. The van der Waals surface area contributed by atoms with Crippen molar-refractivity contribution in [2.75, 3.05) is 13.2 Å². The van der Waals surface area contributed by atoms with Crippen LogP contribution in [0.15, 0.2) is 48.6 Å². The molecule has 1 amide bonds. The molecular weight excluding hydrogens is 719 g/mol. The SMILES string of the molecule is CCCCC/C=C\CCCCCCCC(=O)NC(COC1OC(CO)C(O)C(O)C1O)C(O)/C=C/CC/C=C/CC/C=C/CCCCCCCCCCCCCC. The summed E-state index contributed by atoms with van der Waals surface area (Å²) in [5.41, 5.74) is 0. The number of aliphatic hydroxyl groups is 5. The molecule has 0 aromatic carbocycles. The van der Waals surface area contributed by atoms with Gasteiger partial charge in [-0.15, -0.1) is 0 Å². The average Bonchev–Trinajstić information content (AvgIpc) is 3.21. The van der Waals surface area contributed by atoms with Crippen molar-refractivity contribution in [3.63, 3.8) is 0 Å². The standard InChI is InChI=1S/C48H87NO8/c1-3-5-7-9-11-13-15-17-18-19-20-21-22-23-24-25-26-27-29-31-33-35-37-42(51)41(40-56-48-47(55)46(54)45(53)43(39-50)57-48)49-44(52)38-36-34-32-30-28-16-14-12-10-8-6-4-2/h12,14,23-24,27,29,35,37,41-43,45-48,50-51,53-55H,3-11,13,15-22,25-26,28,30-34,36,38-40H2,1-2H3,(H,49,52)/b14-12-,24-23+,29-27+,37-35+. The van der Waals surface area contributed by atoms with Gasteiger partial charge < -0.3 is 40.3 Å². The summed E-state index contributed by atoms with van der Waals surface area (Å²) in [6.07, 6.45) is 41.6. The lowest BCUT2D eigenvalue weighted by atomic mass is 9.99. The van der Waals surface area contributed by atoms with Crippen molar-refractivity contribution in [1.29, 1.82) is 0 Å². The van der Waals surface area contributed by atoms with E-state index in [9.17, 15) is 30.3 Å². The van der Waals surface area contributed by atoms with Crippen LogP contribution in [0.25, 0.3) is 0 Å². The maximum Gasteiger partial charge on any atom is 0.220 e. The molecule has 1 aliphatic heterocycles. The molecule has 332 valence electrons. The fraction of sp³-hybridized carbons (Fsp3) is 0.812. The van der Waals surface area contributed by atoms with Gasteiger partial charge in [0.1, 0.15) is 24.4 Å². The predicted octanol–water partition coefficient (Wildman–Crippen LogP) is 9.84. The van der Waals surface area contributed by atoms with Gasteiger partial charge in [-0.05, 0) is 70.6 Å². The Hall–Kier alpha value is -1.85. The fourth-order valence-corrected chi connectivity index (χ4v) is 7.06. The zero-order valence-corrected chi connectivity index (χ0v) is 36.3. The molecule has 1 saturated heterocycles. The predicted molar refractivity (Wildman–Crippen MR) is 235 cm³/mol. The van der Waals surface area contributed by atoms with E-state index in [4.69, 9.17) is 9.47 Å². The fourth-order valence-electron chi connectivity index (χ4n) is 7.06.